The maximum absolute atomic E-state index is 13.4. The van der Waals surface area contributed by atoms with Crippen molar-refractivity contribution in [1.29, 1.82) is 0 Å². The molecule has 0 aliphatic carbocycles. The van der Waals surface area contributed by atoms with E-state index in [1.54, 1.807) is 37.5 Å². The molecule has 110 valence electrons. The number of H-pyrrole nitrogens is 1. The second-order valence-electron chi connectivity index (χ2n) is 5.06. The molecule has 5 heteroatoms. The molecule has 0 saturated carbocycles. The summed E-state index contributed by atoms with van der Waals surface area (Å²) in [5.74, 6) is -0.739. The van der Waals surface area contributed by atoms with Crippen LogP contribution in [0.2, 0.25) is 0 Å². The number of hydrogen-bond acceptors (Lipinski definition) is 2. The Kier molecular flexibility index (Phi) is 3.47. The number of primary amides is 1. The molecule has 0 aliphatic heterocycles. The Morgan fingerprint density at radius 1 is 1.32 bits per heavy atom. The number of pyridine rings is 1. The standard InChI is InChI=1S/C17H14FN3O/c1-10-6-11(2-4-15(10)18)13-7-14-12(3-5-16(19)22)8-20-17(14)21-9-13/h2-9H,1H3,(H2,19,22)(H,20,21)/b5-3+. The molecule has 4 nitrogen and oxygen atoms in total. The number of aromatic amines is 1. The molecule has 0 fully saturated rings. The van der Waals surface area contributed by atoms with Crippen LogP contribution in [0.1, 0.15) is 11.1 Å². The molecule has 3 rings (SSSR count). The van der Waals surface area contributed by atoms with E-state index in [2.05, 4.69) is 9.97 Å². The number of halogens is 1. The minimum absolute atomic E-state index is 0.232. The maximum atomic E-state index is 13.4. The highest BCUT2D eigenvalue weighted by Crippen LogP contribution is 2.26. The number of nitrogens with two attached hydrogens (primary N) is 1. The molecule has 2 aromatic heterocycles. The van der Waals surface area contributed by atoms with Gasteiger partial charge >= 0.3 is 0 Å². The van der Waals surface area contributed by atoms with Gasteiger partial charge in [0.1, 0.15) is 11.5 Å². The topological polar surface area (TPSA) is 71.8 Å². The van der Waals surface area contributed by atoms with Gasteiger partial charge in [0.2, 0.25) is 5.91 Å². The van der Waals surface area contributed by atoms with Crippen molar-refractivity contribution in [3.63, 3.8) is 0 Å². The molecule has 2 heterocycles. The van der Waals surface area contributed by atoms with Crippen LogP contribution in [0.5, 0.6) is 0 Å². The van der Waals surface area contributed by atoms with Crippen LogP contribution in [0.25, 0.3) is 28.2 Å². The average Bonchev–Trinajstić information content (AvgIpc) is 2.90. The van der Waals surface area contributed by atoms with Crippen LogP contribution in [0.4, 0.5) is 4.39 Å². The van der Waals surface area contributed by atoms with Gasteiger partial charge in [0.15, 0.2) is 0 Å². The number of aryl methyl sites for hydroxylation is 1. The quantitative estimate of drug-likeness (QED) is 0.728. The van der Waals surface area contributed by atoms with Crippen molar-refractivity contribution in [2.45, 2.75) is 6.92 Å². The minimum atomic E-state index is -0.507. The second kappa shape index (κ2) is 5.44. The van der Waals surface area contributed by atoms with E-state index in [1.807, 2.05) is 6.07 Å². The largest absolute Gasteiger partial charge is 0.366 e. The fourth-order valence-electron chi connectivity index (χ4n) is 2.32. The van der Waals surface area contributed by atoms with E-state index in [0.29, 0.717) is 11.2 Å². The number of nitrogens with one attached hydrogen (secondary N) is 1. The predicted molar refractivity (Wildman–Crippen MR) is 84.5 cm³/mol. The van der Waals surface area contributed by atoms with Crippen molar-refractivity contribution in [1.82, 2.24) is 9.97 Å². The third kappa shape index (κ3) is 2.61. The highest BCUT2D eigenvalue weighted by Gasteiger charge is 2.07. The third-order valence-electron chi connectivity index (χ3n) is 3.48. The number of nitrogens with zero attached hydrogens (tertiary/aromatic N) is 1. The first-order chi connectivity index (χ1) is 10.5. The number of fused-ring (bicyclic) bond motifs is 1. The zero-order chi connectivity index (χ0) is 15.7. The molecular formula is C17H14FN3O. The van der Waals surface area contributed by atoms with E-state index in [-0.39, 0.29) is 5.82 Å². The molecule has 0 bridgehead atoms. The Morgan fingerprint density at radius 3 is 2.86 bits per heavy atom. The summed E-state index contributed by atoms with van der Waals surface area (Å²) < 4.78 is 13.4. The van der Waals surface area contributed by atoms with Crippen LogP contribution in [-0.4, -0.2) is 15.9 Å². The molecule has 0 saturated heterocycles. The Morgan fingerprint density at radius 2 is 2.14 bits per heavy atom. The highest BCUT2D eigenvalue weighted by molar-refractivity contribution is 5.95. The minimum Gasteiger partial charge on any atom is -0.366 e. The molecule has 22 heavy (non-hydrogen) atoms. The van der Waals surface area contributed by atoms with E-state index in [9.17, 15) is 9.18 Å². The zero-order valence-electron chi connectivity index (χ0n) is 11.9. The summed E-state index contributed by atoms with van der Waals surface area (Å²) >= 11 is 0. The van der Waals surface area contributed by atoms with E-state index in [1.165, 1.54) is 12.1 Å². The van der Waals surface area contributed by atoms with Gasteiger partial charge in [-0.1, -0.05) is 6.07 Å². The van der Waals surface area contributed by atoms with Gasteiger partial charge in [0, 0.05) is 35.0 Å². The number of carbonyl (C=O) groups is 1. The normalized spacial score (nSPS) is 11.4. The van der Waals surface area contributed by atoms with Gasteiger partial charge in [-0.05, 0) is 42.3 Å². The van der Waals surface area contributed by atoms with Gasteiger partial charge < -0.3 is 10.7 Å². The summed E-state index contributed by atoms with van der Waals surface area (Å²) in [6, 6.07) is 6.90. The number of hydrogen-bond donors (Lipinski definition) is 2. The Labute approximate surface area is 126 Å². The highest BCUT2D eigenvalue weighted by atomic mass is 19.1. The van der Waals surface area contributed by atoms with Crippen LogP contribution in [-0.2, 0) is 4.79 Å². The van der Waals surface area contributed by atoms with Crippen molar-refractivity contribution in [2.24, 2.45) is 5.73 Å². The lowest BCUT2D eigenvalue weighted by atomic mass is 10.0. The maximum Gasteiger partial charge on any atom is 0.241 e. The average molecular weight is 295 g/mol. The van der Waals surface area contributed by atoms with Gasteiger partial charge in [-0.25, -0.2) is 9.37 Å². The number of benzene rings is 1. The Hall–Kier alpha value is -2.95. The molecule has 3 aromatic rings. The van der Waals surface area contributed by atoms with Gasteiger partial charge in [0.05, 0.1) is 0 Å². The number of carbonyl (C=O) groups excluding carboxylic acids is 1. The van der Waals surface area contributed by atoms with E-state index < -0.39 is 5.91 Å². The number of amides is 1. The van der Waals surface area contributed by atoms with Crippen molar-refractivity contribution >= 4 is 23.0 Å². The lowest BCUT2D eigenvalue weighted by Crippen LogP contribution is -2.04. The molecule has 0 unspecified atom stereocenters. The zero-order valence-corrected chi connectivity index (χ0v) is 11.9. The SMILES string of the molecule is Cc1cc(-c2cnc3[nH]cc(/C=C/C(N)=O)c3c2)ccc1F. The summed E-state index contributed by atoms with van der Waals surface area (Å²) in [4.78, 5) is 18.3. The summed E-state index contributed by atoms with van der Waals surface area (Å²) in [6.45, 7) is 1.72. The lowest BCUT2D eigenvalue weighted by molar-refractivity contribution is -0.113. The van der Waals surface area contributed by atoms with Crippen LogP contribution >= 0.6 is 0 Å². The molecule has 1 amide bonds. The van der Waals surface area contributed by atoms with Crippen LogP contribution in [0, 0.1) is 12.7 Å². The molecule has 3 N–H and O–H groups in total. The molecule has 0 radical (unpaired) electrons. The van der Waals surface area contributed by atoms with Gasteiger partial charge in [-0.3, -0.25) is 4.79 Å². The first kappa shape index (κ1) is 14.0. The Bertz CT molecular complexity index is 896. The third-order valence-corrected chi connectivity index (χ3v) is 3.48. The van der Waals surface area contributed by atoms with E-state index in [4.69, 9.17) is 5.73 Å². The summed E-state index contributed by atoms with van der Waals surface area (Å²) in [5, 5.41) is 0.872. The molecular weight excluding hydrogens is 281 g/mol. The van der Waals surface area contributed by atoms with Crippen molar-refractivity contribution in [3.05, 3.63) is 59.7 Å². The van der Waals surface area contributed by atoms with Gasteiger partial charge in [-0.2, -0.15) is 0 Å². The number of rotatable bonds is 3. The summed E-state index contributed by atoms with van der Waals surface area (Å²) in [5.41, 5.74) is 9.00. The lowest BCUT2D eigenvalue weighted by Gasteiger charge is -2.04. The van der Waals surface area contributed by atoms with Crippen molar-refractivity contribution in [2.75, 3.05) is 0 Å². The van der Waals surface area contributed by atoms with E-state index in [0.717, 1.165) is 22.1 Å². The van der Waals surface area contributed by atoms with Gasteiger partial charge in [0.25, 0.3) is 0 Å². The number of aromatic nitrogens is 2. The van der Waals surface area contributed by atoms with Gasteiger partial charge in [-0.15, -0.1) is 0 Å². The second-order valence-corrected chi connectivity index (χ2v) is 5.06. The first-order valence-electron chi connectivity index (χ1n) is 6.76. The fourth-order valence-corrected chi connectivity index (χ4v) is 2.32. The van der Waals surface area contributed by atoms with Crippen molar-refractivity contribution < 1.29 is 9.18 Å². The molecule has 0 spiro atoms. The Balaban J connectivity index is 2.10. The van der Waals surface area contributed by atoms with Crippen molar-refractivity contribution in [3.8, 4) is 11.1 Å². The summed E-state index contributed by atoms with van der Waals surface area (Å²) in [7, 11) is 0. The smallest absolute Gasteiger partial charge is 0.241 e. The predicted octanol–water partition coefficient (Wildman–Crippen LogP) is 3.18. The molecule has 1 aromatic carbocycles. The van der Waals surface area contributed by atoms with Crippen LogP contribution in [0.3, 0.4) is 0 Å². The fraction of sp³-hybridized carbons (Fsp3) is 0.0588. The summed E-state index contributed by atoms with van der Waals surface area (Å²) in [6.07, 6.45) is 6.43. The van der Waals surface area contributed by atoms with Crippen LogP contribution in [0.15, 0.2) is 42.7 Å². The van der Waals surface area contributed by atoms with E-state index >= 15 is 0 Å². The molecule has 0 atom stereocenters. The van der Waals surface area contributed by atoms with Crippen LogP contribution < -0.4 is 5.73 Å². The monoisotopic (exact) mass is 295 g/mol. The first-order valence-corrected chi connectivity index (χ1v) is 6.76. The molecule has 0 aliphatic rings.